The number of H-pyrrole nitrogens is 1. The van der Waals surface area contributed by atoms with Crippen molar-refractivity contribution in [2.45, 2.75) is 26.2 Å². The summed E-state index contributed by atoms with van der Waals surface area (Å²) in [6.45, 7) is 6.64. The summed E-state index contributed by atoms with van der Waals surface area (Å²) < 4.78 is 1.45. The number of amides is 1. The summed E-state index contributed by atoms with van der Waals surface area (Å²) in [5.41, 5.74) is 9.37. The van der Waals surface area contributed by atoms with Crippen LogP contribution in [0.4, 0.5) is 0 Å². The molecule has 0 fully saturated rings. The minimum atomic E-state index is -0.405. The number of hydroxylamine groups is 1. The number of nitrogens with two attached hydrogens (primary N) is 1. The first-order valence-electron chi connectivity index (χ1n) is 9.38. The molecule has 6 N–H and O–H groups in total. The van der Waals surface area contributed by atoms with E-state index in [2.05, 4.69) is 41.5 Å². The van der Waals surface area contributed by atoms with Crippen molar-refractivity contribution >= 4 is 22.9 Å². The molecule has 3 rings (SSSR count). The lowest BCUT2D eigenvalue weighted by Gasteiger charge is -2.15. The van der Waals surface area contributed by atoms with Gasteiger partial charge < -0.3 is 16.0 Å². The predicted molar refractivity (Wildman–Crippen MR) is 114 cm³/mol. The molecule has 0 saturated heterocycles. The second-order valence-corrected chi connectivity index (χ2v) is 7.80. The van der Waals surface area contributed by atoms with E-state index in [0.717, 1.165) is 11.1 Å². The number of rotatable bonds is 6. The van der Waals surface area contributed by atoms with Gasteiger partial charge in [-0.25, -0.2) is 10.3 Å². The lowest BCUT2D eigenvalue weighted by Crippen LogP contribution is -2.34. The molecule has 0 aliphatic heterocycles. The Hall–Kier alpha value is -3.66. The first kappa shape index (κ1) is 21.1. The van der Waals surface area contributed by atoms with Crippen LogP contribution >= 0.6 is 0 Å². The minimum absolute atomic E-state index is 0.0865. The van der Waals surface area contributed by atoms with Gasteiger partial charge in [0.15, 0.2) is 0 Å². The molecule has 10 heteroatoms. The molecule has 0 aliphatic rings. The van der Waals surface area contributed by atoms with Crippen molar-refractivity contribution in [1.29, 1.82) is 5.41 Å². The summed E-state index contributed by atoms with van der Waals surface area (Å²) in [7, 11) is 0. The van der Waals surface area contributed by atoms with Gasteiger partial charge in [0.1, 0.15) is 5.65 Å². The molecule has 0 spiro atoms. The number of nitrogens with zero attached hydrogens (tertiary/aromatic N) is 2. The number of hydrogen-bond acceptors (Lipinski definition) is 5. The van der Waals surface area contributed by atoms with Crippen molar-refractivity contribution < 1.29 is 9.63 Å². The zero-order valence-electron chi connectivity index (χ0n) is 17.1. The molecule has 1 amide bonds. The molecule has 0 bridgehead atoms. The zero-order valence-corrected chi connectivity index (χ0v) is 17.1. The summed E-state index contributed by atoms with van der Waals surface area (Å²) in [6.07, 6.45) is 1.74. The quantitative estimate of drug-likeness (QED) is 0.178. The molecule has 3 aromatic rings. The predicted octanol–water partition coefficient (Wildman–Crippen LogP) is 1.16. The molecule has 2 aromatic heterocycles. The number of guanidine groups is 1. The molecular formula is C20H25N7O3. The van der Waals surface area contributed by atoms with Gasteiger partial charge in [0, 0.05) is 34.8 Å². The Morgan fingerprint density at radius 3 is 2.63 bits per heavy atom. The molecule has 0 aliphatic carbocycles. The summed E-state index contributed by atoms with van der Waals surface area (Å²) in [4.78, 5) is 36.9. The normalized spacial score (nSPS) is 11.4. The SMILES string of the molecule is CC(C)(C)c1cc2cn(-c3ccc(C(=O)NCCONC(=N)N)cc3)c(=O)nc2[nH]1. The van der Waals surface area contributed by atoms with Gasteiger partial charge in [-0.1, -0.05) is 20.8 Å². The van der Waals surface area contributed by atoms with Gasteiger partial charge in [-0.15, -0.1) is 0 Å². The van der Waals surface area contributed by atoms with Crippen LogP contribution in [0.5, 0.6) is 0 Å². The standard InChI is InChI=1S/C20H25N7O3/c1-20(2,3)15-10-13-11-27(19(29)25-16(13)24-15)14-6-4-12(5-7-14)17(28)23-8-9-30-26-18(21)22/h4-7,10-11H,8-9H2,1-3H3,(H,23,28)(H4,21,22,26)(H,24,25,29). The average Bonchev–Trinajstić information content (AvgIpc) is 3.10. The summed E-state index contributed by atoms with van der Waals surface area (Å²) >= 11 is 0. The van der Waals surface area contributed by atoms with E-state index in [1.165, 1.54) is 4.57 Å². The number of hydrogen-bond donors (Lipinski definition) is 5. The molecule has 0 saturated carbocycles. The number of benzene rings is 1. The van der Waals surface area contributed by atoms with Crippen LogP contribution in [0.15, 0.2) is 41.3 Å². The molecular weight excluding hydrogens is 386 g/mol. The Bertz CT molecular complexity index is 1120. The van der Waals surface area contributed by atoms with Crippen LogP contribution in [0.25, 0.3) is 16.7 Å². The fraction of sp³-hybridized carbons (Fsp3) is 0.300. The van der Waals surface area contributed by atoms with Gasteiger partial charge in [-0.05, 0) is 30.3 Å². The van der Waals surface area contributed by atoms with Crippen LogP contribution in [0.1, 0.15) is 36.8 Å². The maximum atomic E-state index is 12.5. The third-order valence-corrected chi connectivity index (χ3v) is 4.40. The molecule has 158 valence electrons. The van der Waals surface area contributed by atoms with Gasteiger partial charge in [-0.3, -0.25) is 19.6 Å². The second kappa shape index (κ2) is 8.37. The average molecular weight is 411 g/mol. The molecule has 2 heterocycles. The third-order valence-electron chi connectivity index (χ3n) is 4.40. The molecule has 10 nitrogen and oxygen atoms in total. The molecule has 0 radical (unpaired) electrons. The fourth-order valence-corrected chi connectivity index (χ4v) is 2.80. The van der Waals surface area contributed by atoms with E-state index in [9.17, 15) is 9.59 Å². The highest BCUT2D eigenvalue weighted by Gasteiger charge is 2.17. The molecule has 1 aromatic carbocycles. The van der Waals surface area contributed by atoms with Crippen molar-refractivity contribution in [1.82, 2.24) is 25.3 Å². The van der Waals surface area contributed by atoms with Gasteiger partial charge in [-0.2, -0.15) is 4.98 Å². The number of fused-ring (bicyclic) bond motifs is 1. The highest BCUT2D eigenvalue weighted by Crippen LogP contribution is 2.24. The van der Waals surface area contributed by atoms with Crippen LogP contribution in [0.3, 0.4) is 0 Å². The Morgan fingerprint density at radius 2 is 2.00 bits per heavy atom. The summed E-state index contributed by atoms with van der Waals surface area (Å²) in [6, 6.07) is 8.63. The van der Waals surface area contributed by atoms with Crippen LogP contribution in [-0.2, 0) is 10.3 Å². The number of aromatic amines is 1. The van der Waals surface area contributed by atoms with Gasteiger partial charge in [0.2, 0.25) is 5.96 Å². The highest BCUT2D eigenvalue weighted by molar-refractivity contribution is 5.94. The van der Waals surface area contributed by atoms with E-state index >= 15 is 0 Å². The van der Waals surface area contributed by atoms with Gasteiger partial charge >= 0.3 is 5.69 Å². The van der Waals surface area contributed by atoms with Crippen LogP contribution in [0, 0.1) is 5.41 Å². The third kappa shape index (κ3) is 4.84. The number of carbonyl (C=O) groups is 1. The molecule has 0 atom stereocenters. The largest absolute Gasteiger partial charge is 0.368 e. The smallest absolute Gasteiger partial charge is 0.354 e. The summed E-state index contributed by atoms with van der Waals surface area (Å²) in [5, 5.41) is 10.5. The Kier molecular flexibility index (Phi) is 5.88. The van der Waals surface area contributed by atoms with Crippen LogP contribution in [-0.4, -0.2) is 39.6 Å². The van der Waals surface area contributed by atoms with E-state index in [4.69, 9.17) is 16.0 Å². The maximum Gasteiger partial charge on any atom is 0.354 e. The first-order chi connectivity index (χ1) is 14.1. The Labute approximate surface area is 172 Å². The van der Waals surface area contributed by atoms with E-state index in [-0.39, 0.29) is 30.4 Å². The second-order valence-electron chi connectivity index (χ2n) is 7.80. The monoisotopic (exact) mass is 411 g/mol. The van der Waals surface area contributed by atoms with Gasteiger partial charge in [0.05, 0.1) is 12.3 Å². The van der Waals surface area contributed by atoms with Gasteiger partial charge in [0.25, 0.3) is 5.91 Å². The molecule has 30 heavy (non-hydrogen) atoms. The topological polar surface area (TPSA) is 151 Å². The summed E-state index contributed by atoms with van der Waals surface area (Å²) in [5.74, 6) is -0.594. The van der Waals surface area contributed by atoms with Crippen molar-refractivity contribution in [3.05, 3.63) is 58.3 Å². The van der Waals surface area contributed by atoms with E-state index in [1.807, 2.05) is 6.07 Å². The first-order valence-corrected chi connectivity index (χ1v) is 9.38. The Morgan fingerprint density at radius 1 is 1.30 bits per heavy atom. The number of aromatic nitrogens is 3. The lowest BCUT2D eigenvalue weighted by molar-refractivity contribution is 0.0779. The van der Waals surface area contributed by atoms with E-state index in [1.54, 1.807) is 30.5 Å². The van der Waals surface area contributed by atoms with E-state index < -0.39 is 5.69 Å². The Balaban J connectivity index is 1.73. The van der Waals surface area contributed by atoms with Crippen LogP contribution in [0.2, 0.25) is 0 Å². The fourth-order valence-electron chi connectivity index (χ4n) is 2.80. The van der Waals surface area contributed by atoms with Crippen molar-refractivity contribution in [3.63, 3.8) is 0 Å². The highest BCUT2D eigenvalue weighted by atomic mass is 16.6. The minimum Gasteiger partial charge on any atom is -0.368 e. The molecule has 0 unspecified atom stereocenters. The van der Waals surface area contributed by atoms with Crippen LogP contribution < -0.4 is 22.2 Å². The van der Waals surface area contributed by atoms with Crippen molar-refractivity contribution in [2.24, 2.45) is 5.73 Å². The van der Waals surface area contributed by atoms with Crippen molar-refractivity contribution in [3.8, 4) is 5.69 Å². The maximum absolute atomic E-state index is 12.5. The number of nitrogens with one attached hydrogen (secondary N) is 4. The van der Waals surface area contributed by atoms with Crippen molar-refractivity contribution in [2.75, 3.05) is 13.2 Å². The zero-order chi connectivity index (χ0) is 21.9. The number of carbonyl (C=O) groups excluding carboxylic acids is 1. The lowest BCUT2D eigenvalue weighted by atomic mass is 9.92. The van der Waals surface area contributed by atoms with E-state index in [0.29, 0.717) is 16.9 Å².